The van der Waals surface area contributed by atoms with Crippen molar-refractivity contribution in [1.29, 1.82) is 0 Å². The van der Waals surface area contributed by atoms with E-state index in [9.17, 15) is 9.59 Å². The van der Waals surface area contributed by atoms with Crippen LogP contribution in [0.4, 0.5) is 0 Å². The first-order chi connectivity index (χ1) is 6.82. The zero-order valence-electron chi connectivity index (χ0n) is 9.36. The summed E-state index contributed by atoms with van der Waals surface area (Å²) in [6.07, 6.45) is 3.11. The van der Waals surface area contributed by atoms with E-state index in [-0.39, 0.29) is 5.91 Å². The summed E-state index contributed by atoms with van der Waals surface area (Å²) in [7, 11) is -1.33. The molecule has 4 nitrogen and oxygen atoms in total. The SMILES string of the molecule is C[Si](C)(C)C1CCN1C(=O)/C=C\C(=O)O. The molecule has 0 spiro atoms. The molecular weight excluding hydrogens is 210 g/mol. The van der Waals surface area contributed by atoms with Crippen LogP contribution in [0.5, 0.6) is 0 Å². The average molecular weight is 227 g/mol. The second-order valence-corrected chi connectivity index (χ2v) is 10.3. The first-order valence-corrected chi connectivity index (χ1v) is 8.61. The summed E-state index contributed by atoms with van der Waals surface area (Å²) in [5.74, 6) is -1.25. The van der Waals surface area contributed by atoms with Gasteiger partial charge in [0, 0.05) is 24.4 Å². The van der Waals surface area contributed by atoms with E-state index in [1.54, 1.807) is 4.90 Å². The maximum atomic E-state index is 11.6. The molecule has 0 aliphatic carbocycles. The minimum Gasteiger partial charge on any atom is -0.478 e. The predicted octanol–water partition coefficient (Wildman–Crippen LogP) is 1.11. The molecule has 5 heteroatoms. The van der Waals surface area contributed by atoms with Crippen molar-refractivity contribution in [3.63, 3.8) is 0 Å². The van der Waals surface area contributed by atoms with E-state index in [0.717, 1.165) is 25.1 Å². The Bertz CT molecular complexity index is 306. The van der Waals surface area contributed by atoms with E-state index in [4.69, 9.17) is 5.11 Å². The van der Waals surface area contributed by atoms with Gasteiger partial charge in [0.2, 0.25) is 5.91 Å². The first kappa shape index (κ1) is 12.0. The van der Waals surface area contributed by atoms with Crippen molar-refractivity contribution in [2.75, 3.05) is 6.54 Å². The highest BCUT2D eigenvalue weighted by Crippen LogP contribution is 2.26. The Labute approximate surface area is 90.6 Å². The van der Waals surface area contributed by atoms with Gasteiger partial charge in [-0.25, -0.2) is 4.79 Å². The molecule has 0 aromatic carbocycles. The monoisotopic (exact) mass is 227 g/mol. The van der Waals surface area contributed by atoms with Gasteiger partial charge in [-0.1, -0.05) is 19.6 Å². The van der Waals surface area contributed by atoms with Crippen LogP contribution in [0.25, 0.3) is 0 Å². The molecule has 84 valence electrons. The maximum Gasteiger partial charge on any atom is 0.328 e. The summed E-state index contributed by atoms with van der Waals surface area (Å²) in [4.78, 5) is 23.6. The Hall–Kier alpha value is -1.10. The van der Waals surface area contributed by atoms with Gasteiger partial charge in [-0.2, -0.15) is 0 Å². The van der Waals surface area contributed by atoms with Gasteiger partial charge >= 0.3 is 5.97 Å². The number of aliphatic carboxylic acids is 1. The van der Waals surface area contributed by atoms with Gasteiger partial charge in [0.25, 0.3) is 0 Å². The lowest BCUT2D eigenvalue weighted by atomic mass is 10.2. The average Bonchev–Trinajstić information content (AvgIpc) is 1.94. The normalized spacial score (nSPS) is 21.5. The highest BCUT2D eigenvalue weighted by atomic mass is 28.3. The summed E-state index contributed by atoms with van der Waals surface area (Å²) < 4.78 is 0. The van der Waals surface area contributed by atoms with Crippen molar-refractivity contribution in [3.8, 4) is 0 Å². The Morgan fingerprint density at radius 1 is 1.33 bits per heavy atom. The zero-order valence-corrected chi connectivity index (χ0v) is 10.4. The molecule has 1 amide bonds. The highest BCUT2D eigenvalue weighted by molar-refractivity contribution is 6.78. The Kier molecular flexibility index (Phi) is 3.34. The predicted molar refractivity (Wildman–Crippen MR) is 60.2 cm³/mol. The van der Waals surface area contributed by atoms with E-state index < -0.39 is 14.0 Å². The van der Waals surface area contributed by atoms with Gasteiger partial charge in [-0.05, 0) is 6.42 Å². The van der Waals surface area contributed by atoms with Gasteiger partial charge in [-0.15, -0.1) is 0 Å². The van der Waals surface area contributed by atoms with Crippen molar-refractivity contribution < 1.29 is 14.7 Å². The topological polar surface area (TPSA) is 57.6 Å². The number of carboxylic acid groups (broad SMARTS) is 1. The molecule has 15 heavy (non-hydrogen) atoms. The van der Waals surface area contributed by atoms with Crippen LogP contribution >= 0.6 is 0 Å². The number of likely N-dealkylation sites (tertiary alicyclic amines) is 1. The molecule has 1 unspecified atom stereocenters. The number of rotatable bonds is 3. The van der Waals surface area contributed by atoms with Crippen LogP contribution in [0.3, 0.4) is 0 Å². The second kappa shape index (κ2) is 4.18. The fraction of sp³-hybridized carbons (Fsp3) is 0.600. The molecule has 1 fully saturated rings. The summed E-state index contributed by atoms with van der Waals surface area (Å²) in [5, 5.41) is 8.41. The standard InChI is InChI=1S/C10H17NO3Si/c1-15(2,3)9-6-7-11(9)8(12)4-5-10(13)14/h4-5,9H,6-7H2,1-3H3,(H,13,14)/b5-4-. The minimum absolute atomic E-state index is 0.170. The fourth-order valence-electron chi connectivity index (χ4n) is 1.79. The quantitative estimate of drug-likeness (QED) is 0.580. The summed E-state index contributed by atoms with van der Waals surface area (Å²) >= 11 is 0. The third-order valence-corrected chi connectivity index (χ3v) is 5.27. The minimum atomic E-state index is -1.33. The lowest BCUT2D eigenvalue weighted by Gasteiger charge is -2.47. The van der Waals surface area contributed by atoms with Crippen molar-refractivity contribution in [2.45, 2.75) is 31.7 Å². The van der Waals surface area contributed by atoms with Gasteiger partial charge < -0.3 is 10.0 Å². The number of nitrogens with zero attached hydrogens (tertiary/aromatic N) is 1. The lowest BCUT2D eigenvalue weighted by molar-refractivity contribution is -0.133. The molecule has 1 heterocycles. The third kappa shape index (κ3) is 2.92. The van der Waals surface area contributed by atoms with Crippen molar-refractivity contribution in [2.24, 2.45) is 0 Å². The van der Waals surface area contributed by atoms with Crippen LogP contribution in [0.15, 0.2) is 12.2 Å². The van der Waals surface area contributed by atoms with Gasteiger partial charge in [0.05, 0.1) is 8.07 Å². The van der Waals surface area contributed by atoms with E-state index in [1.165, 1.54) is 0 Å². The van der Waals surface area contributed by atoms with Crippen molar-refractivity contribution in [3.05, 3.63) is 12.2 Å². The van der Waals surface area contributed by atoms with Gasteiger partial charge in [0.15, 0.2) is 0 Å². The molecule has 1 atom stereocenters. The van der Waals surface area contributed by atoms with Crippen LogP contribution < -0.4 is 0 Å². The molecule has 0 aromatic rings. The molecule has 1 aliphatic rings. The largest absolute Gasteiger partial charge is 0.478 e. The van der Waals surface area contributed by atoms with Crippen LogP contribution in [-0.2, 0) is 9.59 Å². The number of carboxylic acids is 1. The van der Waals surface area contributed by atoms with Crippen LogP contribution in [-0.4, -0.2) is 42.2 Å². The third-order valence-electron chi connectivity index (χ3n) is 2.67. The van der Waals surface area contributed by atoms with Gasteiger partial charge in [-0.3, -0.25) is 4.79 Å². The summed E-state index contributed by atoms with van der Waals surface area (Å²) in [6.45, 7) is 7.42. The van der Waals surface area contributed by atoms with Gasteiger partial charge in [0.1, 0.15) is 0 Å². The van der Waals surface area contributed by atoms with Crippen molar-refractivity contribution >= 4 is 20.0 Å². The number of carbonyl (C=O) groups excluding carboxylic acids is 1. The van der Waals surface area contributed by atoms with Crippen molar-refractivity contribution in [1.82, 2.24) is 4.90 Å². The molecule has 1 saturated heterocycles. The Morgan fingerprint density at radius 2 is 1.93 bits per heavy atom. The highest BCUT2D eigenvalue weighted by Gasteiger charge is 2.40. The number of hydrogen-bond donors (Lipinski definition) is 1. The Morgan fingerprint density at radius 3 is 2.27 bits per heavy atom. The second-order valence-electron chi connectivity index (χ2n) is 4.87. The Balaban J connectivity index is 2.59. The van der Waals surface area contributed by atoms with E-state index >= 15 is 0 Å². The van der Waals surface area contributed by atoms with E-state index in [0.29, 0.717) is 5.67 Å². The van der Waals surface area contributed by atoms with E-state index in [2.05, 4.69) is 19.6 Å². The fourth-order valence-corrected chi connectivity index (χ4v) is 3.98. The van der Waals surface area contributed by atoms with E-state index in [1.807, 2.05) is 0 Å². The van der Waals surface area contributed by atoms with Crippen LogP contribution in [0, 0.1) is 0 Å². The number of hydrogen-bond acceptors (Lipinski definition) is 2. The molecule has 0 bridgehead atoms. The maximum absolute atomic E-state index is 11.6. The number of amides is 1. The first-order valence-electron chi connectivity index (χ1n) is 5.04. The van der Waals surface area contributed by atoms with Crippen LogP contribution in [0.2, 0.25) is 19.6 Å². The summed E-state index contributed by atoms with van der Waals surface area (Å²) in [6, 6.07) is 0. The van der Waals surface area contributed by atoms with Crippen LogP contribution in [0.1, 0.15) is 6.42 Å². The molecule has 1 N–H and O–H groups in total. The number of carbonyl (C=O) groups is 2. The molecule has 1 aliphatic heterocycles. The lowest BCUT2D eigenvalue weighted by Crippen LogP contribution is -2.61. The molecule has 1 rings (SSSR count). The zero-order chi connectivity index (χ0) is 11.6. The smallest absolute Gasteiger partial charge is 0.328 e. The molecule has 0 aromatic heterocycles. The molecule has 0 saturated carbocycles. The summed E-state index contributed by atoms with van der Waals surface area (Å²) in [5.41, 5.74) is 0.364. The molecule has 0 radical (unpaired) electrons. The molecular formula is C10H17NO3Si.